The molecule has 0 saturated heterocycles. The average molecular weight is 202 g/mol. The summed E-state index contributed by atoms with van der Waals surface area (Å²) in [5.74, 6) is -0.384. The van der Waals surface area contributed by atoms with Gasteiger partial charge in [-0.3, -0.25) is 9.69 Å². The molecule has 2 unspecified atom stereocenters. The Morgan fingerprint density at radius 3 is 2.36 bits per heavy atom. The van der Waals surface area contributed by atoms with Crippen LogP contribution in [0.5, 0.6) is 0 Å². The number of aliphatic hydroxyl groups excluding tert-OH is 1. The molecule has 0 radical (unpaired) electrons. The molecule has 0 aromatic heterocycles. The number of nitrogens with one attached hydrogen (secondary N) is 1. The molecule has 14 heavy (non-hydrogen) atoms. The standard InChI is InChI=1S/C10H22N2O2/c1-5-7-8(9(13)11-6-2)10(14)12(3)4/h8,10,14H,5-7H2,1-4H3,(H,11,13). The van der Waals surface area contributed by atoms with Gasteiger partial charge in [-0.05, 0) is 27.4 Å². The zero-order chi connectivity index (χ0) is 11.1. The zero-order valence-corrected chi connectivity index (χ0v) is 9.58. The number of hydrogen-bond acceptors (Lipinski definition) is 3. The van der Waals surface area contributed by atoms with Crippen LogP contribution in [-0.4, -0.2) is 42.8 Å². The normalized spacial score (nSPS) is 15.3. The van der Waals surface area contributed by atoms with Gasteiger partial charge in [0.25, 0.3) is 0 Å². The summed E-state index contributed by atoms with van der Waals surface area (Å²) in [4.78, 5) is 13.2. The number of nitrogens with zero attached hydrogens (tertiary/aromatic N) is 1. The van der Waals surface area contributed by atoms with E-state index in [2.05, 4.69) is 5.32 Å². The predicted molar refractivity (Wildman–Crippen MR) is 56.8 cm³/mol. The van der Waals surface area contributed by atoms with Crippen LogP contribution in [0, 0.1) is 5.92 Å². The summed E-state index contributed by atoms with van der Waals surface area (Å²) in [5, 5.41) is 12.5. The van der Waals surface area contributed by atoms with Gasteiger partial charge in [-0.15, -0.1) is 0 Å². The molecule has 4 nitrogen and oxygen atoms in total. The molecule has 84 valence electrons. The Bertz CT molecular complexity index is 172. The number of amides is 1. The van der Waals surface area contributed by atoms with E-state index < -0.39 is 6.23 Å². The third kappa shape index (κ3) is 4.07. The highest BCUT2D eigenvalue weighted by molar-refractivity contribution is 5.79. The van der Waals surface area contributed by atoms with Gasteiger partial charge in [-0.25, -0.2) is 0 Å². The van der Waals surface area contributed by atoms with Gasteiger partial charge in [0.2, 0.25) is 5.91 Å². The number of carbonyl (C=O) groups excluding carboxylic acids is 1. The van der Waals surface area contributed by atoms with Crippen LogP contribution in [0.1, 0.15) is 26.7 Å². The first kappa shape index (κ1) is 13.4. The quantitative estimate of drug-likeness (QED) is 0.614. The third-order valence-corrected chi connectivity index (χ3v) is 2.18. The van der Waals surface area contributed by atoms with Gasteiger partial charge in [0.15, 0.2) is 0 Å². The highest BCUT2D eigenvalue weighted by Crippen LogP contribution is 2.13. The lowest BCUT2D eigenvalue weighted by Gasteiger charge is -2.26. The molecule has 2 N–H and O–H groups in total. The van der Waals surface area contributed by atoms with Gasteiger partial charge in [0.1, 0.15) is 6.23 Å². The van der Waals surface area contributed by atoms with Crippen LogP contribution in [-0.2, 0) is 4.79 Å². The van der Waals surface area contributed by atoms with Crippen molar-refractivity contribution in [1.29, 1.82) is 0 Å². The van der Waals surface area contributed by atoms with E-state index >= 15 is 0 Å². The number of carbonyl (C=O) groups is 1. The Labute approximate surface area is 86.3 Å². The van der Waals surface area contributed by atoms with Crippen LogP contribution in [0.25, 0.3) is 0 Å². The van der Waals surface area contributed by atoms with Crippen molar-refractivity contribution >= 4 is 5.91 Å². The summed E-state index contributed by atoms with van der Waals surface area (Å²) in [5.41, 5.74) is 0. The van der Waals surface area contributed by atoms with Gasteiger partial charge in [0.05, 0.1) is 5.92 Å². The summed E-state index contributed by atoms with van der Waals surface area (Å²) >= 11 is 0. The van der Waals surface area contributed by atoms with Crippen LogP contribution in [0.3, 0.4) is 0 Å². The fourth-order valence-corrected chi connectivity index (χ4v) is 1.39. The van der Waals surface area contributed by atoms with E-state index in [0.717, 1.165) is 6.42 Å². The zero-order valence-electron chi connectivity index (χ0n) is 9.58. The van der Waals surface area contributed by atoms with Crippen LogP contribution in [0.4, 0.5) is 0 Å². The second kappa shape index (κ2) is 6.79. The maximum Gasteiger partial charge on any atom is 0.227 e. The first-order valence-electron chi connectivity index (χ1n) is 5.16. The summed E-state index contributed by atoms with van der Waals surface area (Å²) in [7, 11) is 3.54. The van der Waals surface area contributed by atoms with Crippen molar-refractivity contribution < 1.29 is 9.90 Å². The number of aliphatic hydroxyl groups is 1. The van der Waals surface area contributed by atoms with Crippen molar-refractivity contribution in [2.45, 2.75) is 32.9 Å². The topological polar surface area (TPSA) is 52.6 Å². The molecule has 0 saturated carbocycles. The van der Waals surface area contributed by atoms with Crippen LogP contribution < -0.4 is 5.32 Å². The second-order valence-electron chi connectivity index (χ2n) is 3.67. The van der Waals surface area contributed by atoms with Crippen molar-refractivity contribution in [3.8, 4) is 0 Å². The van der Waals surface area contributed by atoms with E-state index in [1.165, 1.54) is 0 Å². The molecule has 0 spiro atoms. The molecule has 0 aliphatic heterocycles. The first-order valence-corrected chi connectivity index (χ1v) is 5.16. The molecule has 0 rings (SSSR count). The summed E-state index contributed by atoms with van der Waals surface area (Å²) in [6.07, 6.45) is 0.916. The van der Waals surface area contributed by atoms with Crippen molar-refractivity contribution in [2.75, 3.05) is 20.6 Å². The fourth-order valence-electron chi connectivity index (χ4n) is 1.39. The predicted octanol–water partition coefficient (Wildman–Crippen LogP) is 0.419. The highest BCUT2D eigenvalue weighted by Gasteiger charge is 2.26. The first-order chi connectivity index (χ1) is 6.54. The largest absolute Gasteiger partial charge is 0.378 e. The van der Waals surface area contributed by atoms with Crippen LogP contribution >= 0.6 is 0 Å². The lowest BCUT2D eigenvalue weighted by atomic mass is 10.00. The molecule has 0 aromatic carbocycles. The Morgan fingerprint density at radius 1 is 1.43 bits per heavy atom. The van der Waals surface area contributed by atoms with Crippen molar-refractivity contribution in [3.63, 3.8) is 0 Å². The minimum atomic E-state index is -0.693. The second-order valence-corrected chi connectivity index (χ2v) is 3.67. The molecule has 0 aliphatic carbocycles. The minimum absolute atomic E-state index is 0.0597. The van der Waals surface area contributed by atoms with E-state index in [-0.39, 0.29) is 11.8 Å². The van der Waals surface area contributed by atoms with Gasteiger partial charge in [-0.1, -0.05) is 13.3 Å². The van der Waals surface area contributed by atoms with E-state index in [4.69, 9.17) is 0 Å². The number of hydrogen-bond donors (Lipinski definition) is 2. The van der Waals surface area contributed by atoms with E-state index in [1.54, 1.807) is 19.0 Å². The van der Waals surface area contributed by atoms with Crippen molar-refractivity contribution in [3.05, 3.63) is 0 Å². The molecular weight excluding hydrogens is 180 g/mol. The Kier molecular flexibility index (Phi) is 6.49. The molecule has 0 heterocycles. The fraction of sp³-hybridized carbons (Fsp3) is 0.900. The number of rotatable bonds is 6. The summed E-state index contributed by atoms with van der Waals surface area (Å²) in [6, 6.07) is 0. The molecule has 4 heteroatoms. The van der Waals surface area contributed by atoms with E-state index in [1.807, 2.05) is 13.8 Å². The van der Waals surface area contributed by atoms with E-state index in [9.17, 15) is 9.90 Å². The van der Waals surface area contributed by atoms with Gasteiger partial charge in [0, 0.05) is 6.54 Å². The molecule has 2 atom stereocenters. The molecule has 0 bridgehead atoms. The minimum Gasteiger partial charge on any atom is -0.378 e. The highest BCUT2D eigenvalue weighted by atomic mass is 16.3. The molecule has 0 aromatic rings. The molecule has 1 amide bonds. The smallest absolute Gasteiger partial charge is 0.227 e. The summed E-state index contributed by atoms with van der Waals surface area (Å²) in [6.45, 7) is 4.50. The monoisotopic (exact) mass is 202 g/mol. The van der Waals surface area contributed by atoms with E-state index in [0.29, 0.717) is 13.0 Å². The van der Waals surface area contributed by atoms with Gasteiger partial charge in [-0.2, -0.15) is 0 Å². The van der Waals surface area contributed by atoms with Gasteiger partial charge < -0.3 is 10.4 Å². The lowest BCUT2D eigenvalue weighted by molar-refractivity contribution is -0.133. The Balaban J connectivity index is 4.33. The third-order valence-electron chi connectivity index (χ3n) is 2.18. The maximum atomic E-state index is 11.6. The average Bonchev–Trinajstić information content (AvgIpc) is 2.13. The molecular formula is C10H22N2O2. The van der Waals surface area contributed by atoms with Crippen LogP contribution in [0.15, 0.2) is 0 Å². The Hall–Kier alpha value is -0.610. The molecule has 0 aliphatic rings. The van der Waals surface area contributed by atoms with Gasteiger partial charge >= 0.3 is 0 Å². The van der Waals surface area contributed by atoms with Crippen molar-refractivity contribution in [1.82, 2.24) is 10.2 Å². The van der Waals surface area contributed by atoms with Crippen LogP contribution in [0.2, 0.25) is 0 Å². The van der Waals surface area contributed by atoms with Crippen molar-refractivity contribution in [2.24, 2.45) is 5.92 Å². The SMILES string of the molecule is CCCC(C(=O)NCC)C(O)N(C)C. The maximum absolute atomic E-state index is 11.6. The lowest BCUT2D eigenvalue weighted by Crippen LogP contribution is -2.44. The summed E-state index contributed by atoms with van der Waals surface area (Å²) < 4.78 is 0. The molecule has 0 fully saturated rings. The Morgan fingerprint density at radius 2 is 2.00 bits per heavy atom.